The van der Waals surface area contributed by atoms with Crippen LogP contribution >= 0.6 is 12.4 Å². The third-order valence-corrected chi connectivity index (χ3v) is 2.67. The molecule has 2 amide bonds. The van der Waals surface area contributed by atoms with Crippen molar-refractivity contribution in [1.82, 2.24) is 0 Å². The second kappa shape index (κ2) is 4.73. The predicted octanol–water partition coefficient (Wildman–Crippen LogP) is 0.637. The number of nitrogens with one attached hydrogen (secondary N) is 1. The van der Waals surface area contributed by atoms with E-state index in [1.54, 1.807) is 24.3 Å². The molecule has 1 aliphatic rings. The number of anilines is 1. The van der Waals surface area contributed by atoms with Gasteiger partial charge in [0.15, 0.2) is 0 Å². The van der Waals surface area contributed by atoms with E-state index < -0.39 is 11.4 Å². The van der Waals surface area contributed by atoms with Crippen molar-refractivity contribution in [1.29, 1.82) is 0 Å². The zero-order chi connectivity index (χ0) is 11.8. The van der Waals surface area contributed by atoms with Crippen molar-refractivity contribution >= 4 is 29.9 Å². The zero-order valence-corrected chi connectivity index (χ0v) is 9.92. The number of nitrogens with two attached hydrogens (primary N) is 2. The van der Waals surface area contributed by atoms with Crippen LogP contribution in [0.15, 0.2) is 24.3 Å². The van der Waals surface area contributed by atoms with Gasteiger partial charge in [-0.15, -0.1) is 12.4 Å². The average molecular weight is 256 g/mol. The van der Waals surface area contributed by atoms with Crippen LogP contribution in [0.25, 0.3) is 0 Å². The van der Waals surface area contributed by atoms with Crippen molar-refractivity contribution < 1.29 is 9.59 Å². The topological polar surface area (TPSA) is 98.2 Å². The minimum absolute atomic E-state index is 0. The van der Waals surface area contributed by atoms with Crippen molar-refractivity contribution in [2.75, 3.05) is 5.32 Å². The summed E-state index contributed by atoms with van der Waals surface area (Å²) in [5.41, 5.74) is 11.2. The van der Waals surface area contributed by atoms with Gasteiger partial charge in [0, 0.05) is 11.3 Å². The first-order valence-electron chi connectivity index (χ1n) is 5.01. The van der Waals surface area contributed by atoms with E-state index >= 15 is 0 Å². The number of carbonyl (C=O) groups excluding carboxylic acids is 2. The summed E-state index contributed by atoms with van der Waals surface area (Å²) in [6, 6.07) is 6.38. The van der Waals surface area contributed by atoms with Gasteiger partial charge in [-0.1, -0.05) is 0 Å². The molecule has 0 aromatic heterocycles. The molecule has 1 saturated carbocycles. The molecule has 0 atom stereocenters. The lowest BCUT2D eigenvalue weighted by molar-refractivity contribution is -0.118. The number of rotatable bonds is 3. The number of benzene rings is 1. The Balaban J connectivity index is 0.00000144. The van der Waals surface area contributed by atoms with Crippen LogP contribution in [0.5, 0.6) is 0 Å². The predicted molar refractivity (Wildman–Crippen MR) is 67.0 cm³/mol. The summed E-state index contributed by atoms with van der Waals surface area (Å²) in [6.07, 6.45) is 1.44. The number of carbonyl (C=O) groups is 2. The fourth-order valence-electron chi connectivity index (χ4n) is 1.34. The highest BCUT2D eigenvalue weighted by Gasteiger charge is 2.45. The molecule has 0 saturated heterocycles. The van der Waals surface area contributed by atoms with Crippen LogP contribution in [-0.2, 0) is 4.79 Å². The lowest BCUT2D eigenvalue weighted by atomic mass is 10.2. The molecule has 2 rings (SSSR count). The van der Waals surface area contributed by atoms with E-state index in [9.17, 15) is 9.59 Å². The number of hydrogen-bond acceptors (Lipinski definition) is 3. The minimum Gasteiger partial charge on any atom is -0.366 e. The van der Waals surface area contributed by atoms with Crippen LogP contribution in [0, 0.1) is 0 Å². The molecule has 17 heavy (non-hydrogen) atoms. The molecule has 0 unspecified atom stereocenters. The summed E-state index contributed by atoms with van der Waals surface area (Å²) in [4.78, 5) is 22.4. The van der Waals surface area contributed by atoms with E-state index in [2.05, 4.69) is 5.32 Å². The fourth-order valence-corrected chi connectivity index (χ4v) is 1.34. The average Bonchev–Trinajstić information content (AvgIpc) is 2.99. The molecule has 1 aromatic rings. The number of primary amides is 1. The quantitative estimate of drug-likeness (QED) is 0.739. The van der Waals surface area contributed by atoms with Crippen molar-refractivity contribution in [3.63, 3.8) is 0 Å². The van der Waals surface area contributed by atoms with E-state index in [1.807, 2.05) is 0 Å². The Labute approximate surface area is 105 Å². The third-order valence-electron chi connectivity index (χ3n) is 2.67. The van der Waals surface area contributed by atoms with Crippen LogP contribution in [-0.4, -0.2) is 17.4 Å². The first kappa shape index (κ1) is 13.5. The maximum absolute atomic E-state index is 11.6. The molecule has 5 nitrogen and oxygen atoms in total. The van der Waals surface area contributed by atoms with Gasteiger partial charge >= 0.3 is 0 Å². The highest BCUT2D eigenvalue weighted by Crippen LogP contribution is 2.33. The Hall–Kier alpha value is -1.59. The van der Waals surface area contributed by atoms with Gasteiger partial charge in [-0.25, -0.2) is 0 Å². The largest absolute Gasteiger partial charge is 0.366 e. The summed E-state index contributed by atoms with van der Waals surface area (Å²) in [6.45, 7) is 0. The number of halogens is 1. The molecule has 0 aliphatic heterocycles. The Morgan fingerprint density at radius 3 is 2.12 bits per heavy atom. The van der Waals surface area contributed by atoms with Gasteiger partial charge in [-0.2, -0.15) is 0 Å². The lowest BCUT2D eigenvalue weighted by Gasteiger charge is -2.09. The molecule has 1 fully saturated rings. The first-order valence-corrected chi connectivity index (χ1v) is 5.01. The molecule has 0 spiro atoms. The Bertz CT molecular complexity index is 441. The van der Waals surface area contributed by atoms with Crippen LogP contribution < -0.4 is 16.8 Å². The second-order valence-electron chi connectivity index (χ2n) is 4.05. The summed E-state index contributed by atoms with van der Waals surface area (Å²) < 4.78 is 0. The highest BCUT2D eigenvalue weighted by molar-refractivity contribution is 6.00. The molecule has 1 aliphatic carbocycles. The summed E-state index contributed by atoms with van der Waals surface area (Å²) in [5, 5.41) is 2.69. The lowest BCUT2D eigenvalue weighted by Crippen LogP contribution is -2.37. The van der Waals surface area contributed by atoms with E-state index in [0.717, 1.165) is 12.8 Å². The van der Waals surface area contributed by atoms with Crippen LogP contribution in [0.3, 0.4) is 0 Å². The Kier molecular flexibility index (Phi) is 3.75. The van der Waals surface area contributed by atoms with E-state index in [4.69, 9.17) is 11.5 Å². The minimum atomic E-state index is -0.692. The van der Waals surface area contributed by atoms with E-state index in [-0.39, 0.29) is 18.3 Å². The normalized spacial score (nSPS) is 15.6. The summed E-state index contributed by atoms with van der Waals surface area (Å²) in [5.74, 6) is -0.672. The molecule has 1 aromatic carbocycles. The summed E-state index contributed by atoms with van der Waals surface area (Å²) in [7, 11) is 0. The van der Waals surface area contributed by atoms with Crippen molar-refractivity contribution in [2.45, 2.75) is 18.4 Å². The molecular weight excluding hydrogens is 242 g/mol. The van der Waals surface area contributed by atoms with E-state index in [0.29, 0.717) is 11.3 Å². The number of hydrogen-bond donors (Lipinski definition) is 3. The van der Waals surface area contributed by atoms with Crippen LogP contribution in [0.4, 0.5) is 5.69 Å². The van der Waals surface area contributed by atoms with Gasteiger partial charge in [0.1, 0.15) is 0 Å². The SMILES string of the molecule is Cl.NC(=O)c1ccc(NC(=O)C2(N)CC2)cc1. The zero-order valence-electron chi connectivity index (χ0n) is 9.10. The maximum atomic E-state index is 11.6. The standard InChI is InChI=1S/C11H13N3O2.ClH/c12-9(15)7-1-3-8(4-2-7)14-10(16)11(13)5-6-11;/h1-4H,5-6,13H2,(H2,12,15)(H,14,16);1H. The van der Waals surface area contributed by atoms with Gasteiger partial charge in [-0.3, -0.25) is 9.59 Å². The Morgan fingerprint density at radius 2 is 1.71 bits per heavy atom. The van der Waals surface area contributed by atoms with Crippen LogP contribution in [0.2, 0.25) is 0 Å². The number of amides is 2. The van der Waals surface area contributed by atoms with Crippen molar-refractivity contribution in [3.05, 3.63) is 29.8 Å². The van der Waals surface area contributed by atoms with E-state index in [1.165, 1.54) is 0 Å². The third kappa shape index (κ3) is 2.95. The molecule has 5 N–H and O–H groups in total. The highest BCUT2D eigenvalue weighted by atomic mass is 35.5. The van der Waals surface area contributed by atoms with Gasteiger partial charge in [0.05, 0.1) is 5.54 Å². The van der Waals surface area contributed by atoms with Gasteiger partial charge in [-0.05, 0) is 37.1 Å². The first-order chi connectivity index (χ1) is 7.51. The molecule has 0 radical (unpaired) electrons. The Morgan fingerprint density at radius 1 is 1.18 bits per heavy atom. The molecule has 0 heterocycles. The van der Waals surface area contributed by atoms with Gasteiger partial charge in [0.25, 0.3) is 0 Å². The monoisotopic (exact) mass is 255 g/mol. The molecular formula is C11H14ClN3O2. The van der Waals surface area contributed by atoms with Gasteiger partial charge < -0.3 is 16.8 Å². The van der Waals surface area contributed by atoms with Crippen molar-refractivity contribution in [2.24, 2.45) is 11.5 Å². The maximum Gasteiger partial charge on any atom is 0.248 e. The summed E-state index contributed by atoms with van der Waals surface area (Å²) >= 11 is 0. The molecule has 6 heteroatoms. The fraction of sp³-hybridized carbons (Fsp3) is 0.273. The van der Waals surface area contributed by atoms with Crippen molar-refractivity contribution in [3.8, 4) is 0 Å². The van der Waals surface area contributed by atoms with Crippen LogP contribution in [0.1, 0.15) is 23.2 Å². The second-order valence-corrected chi connectivity index (χ2v) is 4.05. The molecule has 92 valence electrons. The molecule has 0 bridgehead atoms. The van der Waals surface area contributed by atoms with Gasteiger partial charge in [0.2, 0.25) is 11.8 Å². The smallest absolute Gasteiger partial charge is 0.248 e.